The summed E-state index contributed by atoms with van der Waals surface area (Å²) in [4.78, 5) is 20.8. The zero-order chi connectivity index (χ0) is 20.1. The molecular formula is C22H23N5O2. The monoisotopic (exact) mass is 389 g/mol. The van der Waals surface area contributed by atoms with Crippen molar-refractivity contribution >= 4 is 11.7 Å². The van der Waals surface area contributed by atoms with Gasteiger partial charge in [0.1, 0.15) is 5.75 Å². The zero-order valence-corrected chi connectivity index (χ0v) is 16.4. The predicted molar refractivity (Wildman–Crippen MR) is 111 cm³/mol. The van der Waals surface area contributed by atoms with Crippen LogP contribution in [0.25, 0.3) is 11.3 Å². The van der Waals surface area contributed by atoms with Gasteiger partial charge in [0.25, 0.3) is 5.91 Å². The Morgan fingerprint density at radius 2 is 1.66 bits per heavy atom. The van der Waals surface area contributed by atoms with Gasteiger partial charge < -0.3 is 14.5 Å². The lowest BCUT2D eigenvalue weighted by Crippen LogP contribution is -2.49. The number of hydrogen-bond acceptors (Lipinski definition) is 6. The Hall–Kier alpha value is -3.48. The molecule has 0 unspecified atom stereocenters. The number of piperazine rings is 1. The quantitative estimate of drug-likeness (QED) is 0.668. The third-order valence-electron chi connectivity index (χ3n) is 4.93. The van der Waals surface area contributed by atoms with Crippen molar-refractivity contribution in [1.29, 1.82) is 0 Å². The normalized spacial score (nSPS) is 14.0. The van der Waals surface area contributed by atoms with Crippen LogP contribution in [0.15, 0.2) is 60.9 Å². The average Bonchev–Trinajstić information content (AvgIpc) is 2.80. The van der Waals surface area contributed by atoms with Crippen LogP contribution in [0.3, 0.4) is 0 Å². The van der Waals surface area contributed by atoms with Crippen molar-refractivity contribution in [2.75, 3.05) is 37.7 Å². The number of carbonyl (C=O) groups is 1. The molecule has 1 aliphatic rings. The molecule has 3 heterocycles. The highest BCUT2D eigenvalue weighted by Crippen LogP contribution is 2.20. The molecule has 0 spiro atoms. The number of rotatable bonds is 5. The second-order valence-corrected chi connectivity index (χ2v) is 6.75. The van der Waals surface area contributed by atoms with Gasteiger partial charge in [-0.1, -0.05) is 0 Å². The number of aromatic nitrogens is 3. The largest absolute Gasteiger partial charge is 0.494 e. The van der Waals surface area contributed by atoms with E-state index in [0.29, 0.717) is 25.3 Å². The SMILES string of the molecule is CCOc1ccc(C(=O)N2CCN(c3ccc(-c4ccncc4)nn3)CC2)cc1. The summed E-state index contributed by atoms with van der Waals surface area (Å²) >= 11 is 0. The fourth-order valence-electron chi connectivity index (χ4n) is 3.35. The minimum Gasteiger partial charge on any atom is -0.494 e. The van der Waals surface area contributed by atoms with E-state index in [1.807, 2.05) is 60.4 Å². The molecule has 1 saturated heterocycles. The maximum atomic E-state index is 12.7. The maximum absolute atomic E-state index is 12.7. The van der Waals surface area contributed by atoms with Crippen LogP contribution in [0.2, 0.25) is 0 Å². The molecule has 0 saturated carbocycles. The van der Waals surface area contributed by atoms with Crippen LogP contribution in [0.4, 0.5) is 5.82 Å². The number of nitrogens with zero attached hydrogens (tertiary/aromatic N) is 5. The number of ether oxygens (including phenoxy) is 1. The molecule has 1 aliphatic heterocycles. The van der Waals surface area contributed by atoms with E-state index in [9.17, 15) is 4.79 Å². The summed E-state index contributed by atoms with van der Waals surface area (Å²) in [5.74, 6) is 1.66. The molecule has 1 fully saturated rings. The molecule has 7 heteroatoms. The lowest BCUT2D eigenvalue weighted by atomic mass is 10.1. The fraction of sp³-hybridized carbons (Fsp3) is 0.273. The standard InChI is InChI=1S/C22H23N5O2/c1-2-29-19-5-3-18(4-6-19)22(28)27-15-13-26(14-16-27)21-8-7-20(24-25-21)17-9-11-23-12-10-17/h3-12H,2,13-16H2,1H3. The lowest BCUT2D eigenvalue weighted by molar-refractivity contribution is 0.0746. The van der Waals surface area contributed by atoms with Crippen LogP contribution in [-0.4, -0.2) is 58.8 Å². The second kappa shape index (κ2) is 8.68. The first-order valence-electron chi connectivity index (χ1n) is 9.76. The highest BCUT2D eigenvalue weighted by molar-refractivity contribution is 5.94. The molecule has 0 radical (unpaired) electrons. The minimum absolute atomic E-state index is 0.0480. The van der Waals surface area contributed by atoms with Crippen LogP contribution in [0, 0.1) is 0 Å². The number of hydrogen-bond donors (Lipinski definition) is 0. The summed E-state index contributed by atoms with van der Waals surface area (Å²) in [6, 6.07) is 15.1. The van der Waals surface area contributed by atoms with E-state index in [1.165, 1.54) is 0 Å². The summed E-state index contributed by atoms with van der Waals surface area (Å²) in [5.41, 5.74) is 2.49. The van der Waals surface area contributed by atoms with E-state index in [0.717, 1.165) is 35.9 Å². The van der Waals surface area contributed by atoms with Crippen molar-refractivity contribution in [3.05, 3.63) is 66.5 Å². The van der Waals surface area contributed by atoms with Gasteiger partial charge in [0.2, 0.25) is 0 Å². The fourth-order valence-corrected chi connectivity index (χ4v) is 3.35. The number of benzene rings is 1. The molecule has 0 atom stereocenters. The first kappa shape index (κ1) is 18.9. The Kier molecular flexibility index (Phi) is 5.65. The predicted octanol–water partition coefficient (Wildman–Crippen LogP) is 2.90. The Bertz CT molecular complexity index is 937. The summed E-state index contributed by atoms with van der Waals surface area (Å²) < 4.78 is 5.44. The minimum atomic E-state index is 0.0480. The summed E-state index contributed by atoms with van der Waals surface area (Å²) in [6.45, 7) is 5.31. The van der Waals surface area contributed by atoms with E-state index < -0.39 is 0 Å². The smallest absolute Gasteiger partial charge is 0.253 e. The molecule has 0 bridgehead atoms. The second-order valence-electron chi connectivity index (χ2n) is 6.75. The summed E-state index contributed by atoms with van der Waals surface area (Å²) in [5, 5.41) is 8.71. The van der Waals surface area contributed by atoms with Crippen molar-refractivity contribution in [3.8, 4) is 17.0 Å². The Morgan fingerprint density at radius 1 is 0.931 bits per heavy atom. The van der Waals surface area contributed by atoms with Gasteiger partial charge >= 0.3 is 0 Å². The molecule has 2 aromatic heterocycles. The van der Waals surface area contributed by atoms with Gasteiger partial charge in [-0.3, -0.25) is 9.78 Å². The lowest BCUT2D eigenvalue weighted by Gasteiger charge is -2.35. The van der Waals surface area contributed by atoms with Crippen LogP contribution in [0.1, 0.15) is 17.3 Å². The first-order chi connectivity index (χ1) is 14.2. The zero-order valence-electron chi connectivity index (χ0n) is 16.4. The van der Waals surface area contributed by atoms with Crippen molar-refractivity contribution in [1.82, 2.24) is 20.1 Å². The van der Waals surface area contributed by atoms with Crippen molar-refractivity contribution < 1.29 is 9.53 Å². The van der Waals surface area contributed by atoms with Crippen molar-refractivity contribution in [3.63, 3.8) is 0 Å². The van der Waals surface area contributed by atoms with E-state index in [1.54, 1.807) is 12.4 Å². The molecule has 0 N–H and O–H groups in total. The van der Waals surface area contributed by atoms with Gasteiger partial charge in [-0.2, -0.15) is 0 Å². The van der Waals surface area contributed by atoms with E-state index >= 15 is 0 Å². The van der Waals surface area contributed by atoms with Crippen LogP contribution < -0.4 is 9.64 Å². The topological polar surface area (TPSA) is 71.5 Å². The average molecular weight is 389 g/mol. The van der Waals surface area contributed by atoms with Crippen molar-refractivity contribution in [2.45, 2.75) is 6.92 Å². The Morgan fingerprint density at radius 3 is 2.28 bits per heavy atom. The maximum Gasteiger partial charge on any atom is 0.253 e. The van der Waals surface area contributed by atoms with Crippen LogP contribution in [0.5, 0.6) is 5.75 Å². The molecule has 1 amide bonds. The highest BCUT2D eigenvalue weighted by Gasteiger charge is 2.23. The Balaban J connectivity index is 1.36. The molecular weight excluding hydrogens is 366 g/mol. The third-order valence-corrected chi connectivity index (χ3v) is 4.93. The van der Waals surface area contributed by atoms with Gasteiger partial charge in [0.15, 0.2) is 5.82 Å². The number of pyridine rings is 1. The number of carbonyl (C=O) groups excluding carboxylic acids is 1. The van der Waals surface area contributed by atoms with Gasteiger partial charge in [0.05, 0.1) is 12.3 Å². The van der Waals surface area contributed by atoms with Crippen molar-refractivity contribution in [2.24, 2.45) is 0 Å². The van der Waals surface area contributed by atoms with E-state index in [-0.39, 0.29) is 5.91 Å². The van der Waals surface area contributed by atoms with Gasteiger partial charge in [-0.15, -0.1) is 10.2 Å². The molecule has 7 nitrogen and oxygen atoms in total. The van der Waals surface area contributed by atoms with E-state index in [2.05, 4.69) is 20.1 Å². The molecule has 148 valence electrons. The molecule has 4 rings (SSSR count). The molecule has 29 heavy (non-hydrogen) atoms. The summed E-state index contributed by atoms with van der Waals surface area (Å²) in [7, 11) is 0. The first-order valence-corrected chi connectivity index (χ1v) is 9.76. The van der Waals surface area contributed by atoms with Crippen LogP contribution in [-0.2, 0) is 0 Å². The number of anilines is 1. The van der Waals surface area contributed by atoms with Gasteiger partial charge in [-0.05, 0) is 55.5 Å². The van der Waals surface area contributed by atoms with Gasteiger partial charge in [-0.25, -0.2) is 0 Å². The molecule has 0 aliphatic carbocycles. The number of amides is 1. The van der Waals surface area contributed by atoms with Crippen LogP contribution >= 0.6 is 0 Å². The third kappa shape index (κ3) is 4.34. The highest BCUT2D eigenvalue weighted by atomic mass is 16.5. The molecule has 3 aromatic rings. The summed E-state index contributed by atoms with van der Waals surface area (Å²) in [6.07, 6.45) is 3.48. The van der Waals surface area contributed by atoms with Gasteiger partial charge in [0, 0.05) is 49.7 Å². The Labute approximate surface area is 170 Å². The van der Waals surface area contributed by atoms with E-state index in [4.69, 9.17) is 4.74 Å². The molecule has 1 aromatic carbocycles.